The predicted octanol–water partition coefficient (Wildman–Crippen LogP) is 4.47. The number of hydrogen-bond donors (Lipinski definition) is 1. The van der Waals surface area contributed by atoms with Gasteiger partial charge in [0.1, 0.15) is 0 Å². The smallest absolute Gasteiger partial charge is 0.234 e. The van der Waals surface area contributed by atoms with Gasteiger partial charge in [-0.3, -0.25) is 9.78 Å². The standard InChI is InChI=1S/C23H22N6OS/c30-22(15-31-19-8-1-2-9-19)25-18-7-3-5-16(13-18)20-10-11-21-26-27-23(29(21)28-20)17-6-4-12-24-14-17/h3-7,10-14,19H,1-2,8-9,15H2,(H,25,30). The summed E-state index contributed by atoms with van der Waals surface area (Å²) in [4.78, 5) is 16.5. The highest BCUT2D eigenvalue weighted by atomic mass is 32.2. The average Bonchev–Trinajstić information content (AvgIpc) is 3.48. The van der Waals surface area contributed by atoms with Crippen LogP contribution in [0.2, 0.25) is 0 Å². The number of aromatic nitrogens is 5. The van der Waals surface area contributed by atoms with E-state index in [0.29, 0.717) is 22.5 Å². The molecule has 3 heterocycles. The quantitative estimate of drug-likeness (QED) is 0.486. The second-order valence-corrected chi connectivity index (χ2v) is 8.89. The zero-order valence-corrected chi connectivity index (χ0v) is 17.8. The zero-order valence-electron chi connectivity index (χ0n) is 16.9. The van der Waals surface area contributed by atoms with E-state index in [1.165, 1.54) is 25.7 Å². The number of hydrogen-bond acceptors (Lipinski definition) is 6. The molecule has 156 valence electrons. The van der Waals surface area contributed by atoms with Gasteiger partial charge in [-0.1, -0.05) is 25.0 Å². The van der Waals surface area contributed by atoms with E-state index in [4.69, 9.17) is 5.10 Å². The van der Waals surface area contributed by atoms with E-state index in [9.17, 15) is 4.79 Å². The van der Waals surface area contributed by atoms with Crippen LogP contribution in [-0.2, 0) is 4.79 Å². The number of nitrogens with one attached hydrogen (secondary N) is 1. The van der Waals surface area contributed by atoms with Crippen LogP contribution in [0.3, 0.4) is 0 Å². The monoisotopic (exact) mass is 430 g/mol. The van der Waals surface area contributed by atoms with Gasteiger partial charge in [0.15, 0.2) is 11.5 Å². The number of amides is 1. The third kappa shape index (κ3) is 4.44. The molecule has 7 nitrogen and oxygen atoms in total. The predicted molar refractivity (Wildman–Crippen MR) is 123 cm³/mol. The van der Waals surface area contributed by atoms with E-state index < -0.39 is 0 Å². The summed E-state index contributed by atoms with van der Waals surface area (Å²) >= 11 is 1.77. The molecule has 0 unspecified atom stereocenters. The molecule has 4 aromatic rings. The Morgan fingerprint density at radius 2 is 1.94 bits per heavy atom. The van der Waals surface area contributed by atoms with E-state index in [-0.39, 0.29) is 5.91 Å². The van der Waals surface area contributed by atoms with Gasteiger partial charge in [0, 0.05) is 34.5 Å². The first-order chi connectivity index (χ1) is 15.3. The number of rotatable bonds is 6. The fourth-order valence-electron chi connectivity index (χ4n) is 3.82. The van der Waals surface area contributed by atoms with Gasteiger partial charge < -0.3 is 5.32 Å². The summed E-state index contributed by atoms with van der Waals surface area (Å²) in [7, 11) is 0. The van der Waals surface area contributed by atoms with Gasteiger partial charge in [-0.15, -0.1) is 22.0 Å². The van der Waals surface area contributed by atoms with Crippen LogP contribution in [0, 0.1) is 0 Å². The third-order valence-corrected chi connectivity index (χ3v) is 6.75. The van der Waals surface area contributed by atoms with Crippen LogP contribution in [0.5, 0.6) is 0 Å². The van der Waals surface area contributed by atoms with Crippen LogP contribution in [-0.4, -0.2) is 41.7 Å². The SMILES string of the molecule is O=C(CSC1CCCC1)Nc1cccc(-c2ccc3nnc(-c4cccnc4)n3n2)c1. The van der Waals surface area contributed by atoms with Crippen LogP contribution < -0.4 is 5.32 Å². The Morgan fingerprint density at radius 3 is 2.77 bits per heavy atom. The summed E-state index contributed by atoms with van der Waals surface area (Å²) in [6.45, 7) is 0. The van der Waals surface area contributed by atoms with E-state index in [1.54, 1.807) is 28.7 Å². The summed E-state index contributed by atoms with van der Waals surface area (Å²) in [6, 6.07) is 15.3. The maximum atomic E-state index is 12.4. The van der Waals surface area contributed by atoms with Gasteiger partial charge in [0.05, 0.1) is 11.4 Å². The number of carbonyl (C=O) groups is 1. The fraction of sp³-hybridized carbons (Fsp3) is 0.261. The van der Waals surface area contributed by atoms with Gasteiger partial charge >= 0.3 is 0 Å². The first-order valence-corrected chi connectivity index (χ1v) is 11.5. The lowest BCUT2D eigenvalue weighted by atomic mass is 10.1. The number of benzene rings is 1. The molecule has 5 rings (SSSR count). The molecule has 8 heteroatoms. The van der Waals surface area contributed by atoms with Crippen molar-refractivity contribution in [2.24, 2.45) is 0 Å². The molecule has 0 spiro atoms. The van der Waals surface area contributed by atoms with Gasteiger partial charge in [-0.2, -0.15) is 9.61 Å². The van der Waals surface area contributed by atoms with Gasteiger partial charge in [0.25, 0.3) is 0 Å². The Labute approximate surface area is 184 Å². The highest BCUT2D eigenvalue weighted by Crippen LogP contribution is 2.29. The molecular formula is C23H22N6OS. The molecular weight excluding hydrogens is 408 g/mol. The van der Waals surface area contributed by atoms with E-state index >= 15 is 0 Å². The fourth-order valence-corrected chi connectivity index (χ4v) is 4.95. The summed E-state index contributed by atoms with van der Waals surface area (Å²) < 4.78 is 1.72. The molecule has 0 aliphatic heterocycles. The van der Waals surface area contributed by atoms with E-state index in [0.717, 1.165) is 22.5 Å². The Morgan fingerprint density at radius 1 is 1.06 bits per heavy atom. The highest BCUT2D eigenvalue weighted by Gasteiger charge is 2.17. The Bertz CT molecular complexity index is 1200. The molecule has 1 fully saturated rings. The molecule has 31 heavy (non-hydrogen) atoms. The van der Waals surface area contributed by atoms with Crippen molar-refractivity contribution in [2.75, 3.05) is 11.1 Å². The minimum absolute atomic E-state index is 0.0372. The minimum Gasteiger partial charge on any atom is -0.325 e. The number of fused-ring (bicyclic) bond motifs is 1. The van der Waals surface area contributed by atoms with Gasteiger partial charge in [0.2, 0.25) is 5.91 Å². The van der Waals surface area contributed by atoms with Crippen molar-refractivity contribution in [3.05, 3.63) is 60.9 Å². The van der Waals surface area contributed by atoms with Crippen molar-refractivity contribution in [3.8, 4) is 22.6 Å². The van der Waals surface area contributed by atoms with Crippen LogP contribution in [0.25, 0.3) is 28.3 Å². The lowest BCUT2D eigenvalue weighted by molar-refractivity contribution is -0.113. The maximum absolute atomic E-state index is 12.4. The Hall–Kier alpha value is -3.26. The Kier molecular flexibility index (Phi) is 5.62. The second kappa shape index (κ2) is 8.85. The van der Waals surface area contributed by atoms with Crippen molar-refractivity contribution in [2.45, 2.75) is 30.9 Å². The van der Waals surface area contributed by atoms with Gasteiger partial charge in [-0.25, -0.2) is 0 Å². The topological polar surface area (TPSA) is 85.1 Å². The van der Waals surface area contributed by atoms with Crippen LogP contribution in [0.15, 0.2) is 60.9 Å². The van der Waals surface area contributed by atoms with Crippen molar-refractivity contribution in [1.29, 1.82) is 0 Å². The van der Waals surface area contributed by atoms with Crippen molar-refractivity contribution in [1.82, 2.24) is 24.8 Å². The molecule has 1 aliphatic rings. The molecule has 0 radical (unpaired) electrons. The first-order valence-electron chi connectivity index (χ1n) is 10.4. The van der Waals surface area contributed by atoms with Gasteiger partial charge in [-0.05, 0) is 49.2 Å². The first kappa shape index (κ1) is 19.7. The van der Waals surface area contributed by atoms with Crippen LogP contribution in [0.4, 0.5) is 5.69 Å². The summed E-state index contributed by atoms with van der Waals surface area (Å²) in [6.07, 6.45) is 8.49. The van der Waals surface area contributed by atoms with Crippen molar-refractivity contribution >= 4 is 29.0 Å². The Balaban J connectivity index is 1.36. The maximum Gasteiger partial charge on any atom is 0.234 e. The van der Waals surface area contributed by atoms with Crippen molar-refractivity contribution in [3.63, 3.8) is 0 Å². The van der Waals surface area contributed by atoms with Crippen molar-refractivity contribution < 1.29 is 4.79 Å². The largest absolute Gasteiger partial charge is 0.325 e. The lowest BCUT2D eigenvalue weighted by Gasteiger charge is -2.10. The molecule has 1 N–H and O–H groups in total. The average molecular weight is 431 g/mol. The number of thioether (sulfide) groups is 1. The molecule has 1 amide bonds. The zero-order chi connectivity index (χ0) is 21.0. The number of pyridine rings is 1. The number of carbonyl (C=O) groups excluding carboxylic acids is 1. The third-order valence-electron chi connectivity index (χ3n) is 5.38. The number of nitrogens with zero attached hydrogens (tertiary/aromatic N) is 5. The minimum atomic E-state index is 0.0372. The highest BCUT2D eigenvalue weighted by molar-refractivity contribution is 8.00. The summed E-state index contributed by atoms with van der Waals surface area (Å²) in [5.74, 6) is 1.17. The lowest BCUT2D eigenvalue weighted by Crippen LogP contribution is -2.15. The normalized spacial score (nSPS) is 14.2. The molecule has 1 saturated carbocycles. The molecule has 3 aromatic heterocycles. The molecule has 1 aliphatic carbocycles. The summed E-state index contributed by atoms with van der Waals surface area (Å²) in [5.41, 5.74) is 3.96. The second-order valence-electron chi connectivity index (χ2n) is 7.60. The van der Waals surface area contributed by atoms with Crippen LogP contribution >= 0.6 is 11.8 Å². The summed E-state index contributed by atoms with van der Waals surface area (Å²) in [5, 5.41) is 16.9. The van der Waals surface area contributed by atoms with E-state index in [1.807, 2.05) is 48.5 Å². The molecule has 0 atom stereocenters. The molecule has 0 bridgehead atoms. The molecule has 0 saturated heterocycles. The number of anilines is 1. The van der Waals surface area contributed by atoms with E-state index in [2.05, 4.69) is 20.5 Å². The van der Waals surface area contributed by atoms with Crippen LogP contribution in [0.1, 0.15) is 25.7 Å². The molecule has 1 aromatic carbocycles.